The average molecular weight is 442 g/mol. The maximum Gasteiger partial charge on any atom is 0.240 e. The summed E-state index contributed by atoms with van der Waals surface area (Å²) in [5.41, 5.74) is 3.11. The number of halogens is 1. The first-order chi connectivity index (χ1) is 16.2. The molecule has 2 aromatic carbocycles. The van der Waals surface area contributed by atoms with Crippen molar-refractivity contribution in [1.29, 1.82) is 0 Å². The number of fused-ring (bicyclic) bond motifs is 3. The molecule has 0 fully saturated rings. The van der Waals surface area contributed by atoms with Gasteiger partial charge in [-0.3, -0.25) is 4.98 Å². The molecule has 0 aliphatic rings. The zero-order valence-corrected chi connectivity index (χ0v) is 18.2. The molecule has 166 valence electrons. The van der Waals surface area contributed by atoms with Gasteiger partial charge in [-0.2, -0.15) is 4.52 Å². The van der Waals surface area contributed by atoms with Gasteiger partial charge >= 0.3 is 0 Å². The largest absolute Gasteiger partial charge is 0.470 e. The molecule has 0 bridgehead atoms. The SMILES string of the molecule is Cc1nnc2c3ccccc3c(OCc3cccc(CNCCc4ccccc4F)n3)nn12. The Morgan fingerprint density at radius 3 is 2.58 bits per heavy atom. The number of nitrogens with one attached hydrogen (secondary N) is 1. The molecular weight excluding hydrogens is 419 g/mol. The van der Waals surface area contributed by atoms with E-state index in [2.05, 4.69) is 25.6 Å². The summed E-state index contributed by atoms with van der Waals surface area (Å²) in [6.07, 6.45) is 0.624. The second-order valence-corrected chi connectivity index (χ2v) is 7.76. The summed E-state index contributed by atoms with van der Waals surface area (Å²) in [7, 11) is 0. The summed E-state index contributed by atoms with van der Waals surface area (Å²) >= 11 is 0. The minimum atomic E-state index is -0.169. The lowest BCUT2D eigenvalue weighted by molar-refractivity contribution is 0.288. The van der Waals surface area contributed by atoms with Crippen LogP contribution in [0.3, 0.4) is 0 Å². The van der Waals surface area contributed by atoms with Gasteiger partial charge in [0.15, 0.2) is 11.5 Å². The lowest BCUT2D eigenvalue weighted by Gasteiger charge is -2.10. The van der Waals surface area contributed by atoms with Crippen LogP contribution in [0.2, 0.25) is 0 Å². The number of aryl methyl sites for hydroxylation is 1. The molecule has 0 saturated heterocycles. The van der Waals surface area contributed by atoms with Crippen LogP contribution in [-0.4, -0.2) is 31.3 Å². The normalized spacial score (nSPS) is 11.3. The van der Waals surface area contributed by atoms with Crippen LogP contribution in [0.15, 0.2) is 66.7 Å². The molecular formula is C25H23FN6O. The first-order valence-electron chi connectivity index (χ1n) is 10.8. The van der Waals surface area contributed by atoms with Crippen molar-refractivity contribution in [1.82, 2.24) is 30.1 Å². The molecule has 0 aliphatic heterocycles. The number of aromatic nitrogens is 5. The van der Waals surface area contributed by atoms with Gasteiger partial charge in [0.25, 0.3) is 0 Å². The van der Waals surface area contributed by atoms with E-state index in [-0.39, 0.29) is 12.4 Å². The molecule has 5 rings (SSSR count). The molecule has 0 spiro atoms. The Kier molecular flexibility index (Phi) is 5.91. The molecule has 7 nitrogen and oxygen atoms in total. The topological polar surface area (TPSA) is 77.2 Å². The van der Waals surface area contributed by atoms with E-state index in [1.807, 2.05) is 61.5 Å². The molecule has 1 N–H and O–H groups in total. The predicted molar refractivity (Wildman–Crippen MR) is 123 cm³/mol. The van der Waals surface area contributed by atoms with Crippen LogP contribution in [0, 0.1) is 12.7 Å². The lowest BCUT2D eigenvalue weighted by atomic mass is 10.1. The molecule has 0 atom stereocenters. The Labute approximate surface area is 190 Å². The lowest BCUT2D eigenvalue weighted by Crippen LogP contribution is -2.18. The Bertz CT molecular complexity index is 1420. The maximum atomic E-state index is 13.7. The zero-order valence-electron chi connectivity index (χ0n) is 18.2. The zero-order chi connectivity index (χ0) is 22.6. The Morgan fingerprint density at radius 2 is 1.70 bits per heavy atom. The standard InChI is InChI=1S/C25H23FN6O/c1-17-29-30-24-21-10-3-4-11-22(21)25(31-32(17)24)33-16-20-9-6-8-19(28-20)15-27-14-13-18-7-2-5-12-23(18)26/h2-12,27H,13-16H2,1H3. The van der Waals surface area contributed by atoms with E-state index < -0.39 is 0 Å². The molecule has 0 amide bonds. The summed E-state index contributed by atoms with van der Waals surface area (Å²) in [5.74, 6) is 1.04. The van der Waals surface area contributed by atoms with Crippen LogP contribution < -0.4 is 10.1 Å². The number of hydrogen-bond acceptors (Lipinski definition) is 6. The third-order valence-corrected chi connectivity index (χ3v) is 5.44. The summed E-state index contributed by atoms with van der Waals surface area (Å²) < 4.78 is 21.5. The third kappa shape index (κ3) is 4.51. The van der Waals surface area contributed by atoms with E-state index in [1.54, 1.807) is 10.6 Å². The Morgan fingerprint density at radius 1 is 0.909 bits per heavy atom. The van der Waals surface area contributed by atoms with Gasteiger partial charge in [-0.25, -0.2) is 4.39 Å². The van der Waals surface area contributed by atoms with Gasteiger partial charge < -0.3 is 10.1 Å². The van der Waals surface area contributed by atoms with Gasteiger partial charge in [0, 0.05) is 17.3 Å². The van der Waals surface area contributed by atoms with Crippen molar-refractivity contribution in [3.8, 4) is 5.88 Å². The number of ether oxygens (including phenoxy) is 1. The van der Waals surface area contributed by atoms with E-state index in [1.165, 1.54) is 6.07 Å². The molecule has 8 heteroatoms. The first-order valence-corrected chi connectivity index (χ1v) is 10.8. The van der Waals surface area contributed by atoms with Crippen LogP contribution in [0.25, 0.3) is 16.4 Å². The quantitative estimate of drug-likeness (QED) is 0.366. The average Bonchev–Trinajstić information content (AvgIpc) is 3.22. The molecule has 0 saturated carbocycles. The molecule has 3 aromatic heterocycles. The van der Waals surface area contributed by atoms with Gasteiger partial charge in [0.1, 0.15) is 12.4 Å². The van der Waals surface area contributed by atoms with Crippen LogP contribution >= 0.6 is 0 Å². The van der Waals surface area contributed by atoms with Crippen molar-refractivity contribution in [3.63, 3.8) is 0 Å². The Hall–Kier alpha value is -3.91. The second-order valence-electron chi connectivity index (χ2n) is 7.76. The van der Waals surface area contributed by atoms with Crippen molar-refractivity contribution in [3.05, 3.63) is 95.3 Å². The van der Waals surface area contributed by atoms with E-state index in [4.69, 9.17) is 4.74 Å². The molecule has 33 heavy (non-hydrogen) atoms. The van der Waals surface area contributed by atoms with Crippen LogP contribution in [0.4, 0.5) is 4.39 Å². The number of hydrogen-bond donors (Lipinski definition) is 1. The summed E-state index contributed by atoms with van der Waals surface area (Å²) in [5, 5.41) is 18.1. The molecule has 0 unspecified atom stereocenters. The highest BCUT2D eigenvalue weighted by molar-refractivity contribution is 5.96. The van der Waals surface area contributed by atoms with Crippen molar-refractivity contribution >= 4 is 16.4 Å². The molecule has 5 aromatic rings. The molecule has 0 radical (unpaired) electrons. The number of rotatable bonds is 8. The molecule has 0 aliphatic carbocycles. The van der Waals surface area contributed by atoms with Gasteiger partial charge in [-0.1, -0.05) is 42.5 Å². The fourth-order valence-corrected chi connectivity index (χ4v) is 3.75. The van der Waals surface area contributed by atoms with Crippen LogP contribution in [0.5, 0.6) is 5.88 Å². The van der Waals surface area contributed by atoms with Crippen LogP contribution in [0.1, 0.15) is 22.8 Å². The third-order valence-electron chi connectivity index (χ3n) is 5.44. The summed E-state index contributed by atoms with van der Waals surface area (Å²) in [6.45, 7) is 3.40. The maximum absolute atomic E-state index is 13.7. The Balaban J connectivity index is 1.25. The van der Waals surface area contributed by atoms with Crippen molar-refractivity contribution < 1.29 is 9.13 Å². The minimum absolute atomic E-state index is 0.169. The summed E-state index contributed by atoms with van der Waals surface area (Å²) in [6, 6.07) is 20.5. The number of benzene rings is 2. The van der Waals surface area contributed by atoms with Gasteiger partial charge in [-0.05, 0) is 49.7 Å². The highest BCUT2D eigenvalue weighted by atomic mass is 19.1. The van der Waals surface area contributed by atoms with Gasteiger partial charge in [-0.15, -0.1) is 15.3 Å². The molecule has 3 heterocycles. The highest BCUT2D eigenvalue weighted by Gasteiger charge is 2.13. The van der Waals surface area contributed by atoms with Gasteiger partial charge in [0.05, 0.1) is 11.4 Å². The smallest absolute Gasteiger partial charge is 0.240 e. The minimum Gasteiger partial charge on any atom is -0.470 e. The monoisotopic (exact) mass is 442 g/mol. The summed E-state index contributed by atoms with van der Waals surface area (Å²) in [4.78, 5) is 4.68. The van der Waals surface area contributed by atoms with E-state index in [0.717, 1.165) is 22.2 Å². The van der Waals surface area contributed by atoms with E-state index in [9.17, 15) is 4.39 Å². The number of pyridine rings is 1. The first kappa shape index (κ1) is 21.0. The van der Waals surface area contributed by atoms with Crippen molar-refractivity contribution in [2.45, 2.75) is 26.5 Å². The van der Waals surface area contributed by atoms with Crippen molar-refractivity contribution in [2.75, 3.05) is 6.54 Å². The number of nitrogens with zero attached hydrogens (tertiary/aromatic N) is 5. The van der Waals surface area contributed by atoms with Crippen molar-refractivity contribution in [2.24, 2.45) is 0 Å². The van der Waals surface area contributed by atoms with Crippen LogP contribution in [-0.2, 0) is 19.6 Å². The highest BCUT2D eigenvalue weighted by Crippen LogP contribution is 2.26. The second kappa shape index (κ2) is 9.30. The van der Waals surface area contributed by atoms with E-state index >= 15 is 0 Å². The fourth-order valence-electron chi connectivity index (χ4n) is 3.75. The fraction of sp³-hybridized carbons (Fsp3) is 0.200. The van der Waals surface area contributed by atoms with E-state index in [0.29, 0.717) is 42.4 Å². The van der Waals surface area contributed by atoms with Gasteiger partial charge in [0.2, 0.25) is 5.88 Å². The predicted octanol–water partition coefficient (Wildman–Crippen LogP) is 4.03.